The summed E-state index contributed by atoms with van der Waals surface area (Å²) in [6.07, 6.45) is -1.67. The standard InChI is InChI=1S/C15H26O6/c1-9(8-15(5,6)7)19-13(17)11(3)21-14(18)10(2)20-12(4)16/h9-11H,8H2,1-7H3. The number of carbonyl (C=O) groups excluding carboxylic acids is 3. The number of ether oxygens (including phenoxy) is 3. The lowest BCUT2D eigenvalue weighted by Gasteiger charge is -2.24. The fourth-order valence-corrected chi connectivity index (χ4v) is 1.81. The third-order valence-electron chi connectivity index (χ3n) is 2.52. The van der Waals surface area contributed by atoms with Crippen LogP contribution in [0.15, 0.2) is 0 Å². The van der Waals surface area contributed by atoms with Gasteiger partial charge in [0.05, 0.1) is 6.10 Å². The molecule has 0 aromatic heterocycles. The Hall–Kier alpha value is -1.59. The zero-order valence-corrected chi connectivity index (χ0v) is 13.9. The lowest BCUT2D eigenvalue weighted by molar-refractivity contribution is -0.178. The van der Waals surface area contributed by atoms with E-state index in [-0.39, 0.29) is 11.5 Å². The average molecular weight is 302 g/mol. The Morgan fingerprint density at radius 1 is 0.857 bits per heavy atom. The van der Waals surface area contributed by atoms with Crippen molar-refractivity contribution >= 4 is 17.9 Å². The molecule has 0 amide bonds. The van der Waals surface area contributed by atoms with Crippen LogP contribution in [0.4, 0.5) is 0 Å². The largest absolute Gasteiger partial charge is 0.460 e. The number of esters is 3. The van der Waals surface area contributed by atoms with Gasteiger partial charge in [0.1, 0.15) is 0 Å². The summed E-state index contributed by atoms with van der Waals surface area (Å²) in [6, 6.07) is 0. The van der Waals surface area contributed by atoms with Crippen LogP contribution in [0, 0.1) is 5.41 Å². The van der Waals surface area contributed by atoms with E-state index in [0.717, 1.165) is 0 Å². The molecule has 0 radical (unpaired) electrons. The Bertz CT molecular complexity index is 382. The smallest absolute Gasteiger partial charge is 0.347 e. The maximum Gasteiger partial charge on any atom is 0.347 e. The molecule has 0 bridgehead atoms. The van der Waals surface area contributed by atoms with Crippen molar-refractivity contribution in [2.45, 2.75) is 73.2 Å². The van der Waals surface area contributed by atoms with Gasteiger partial charge in [0.15, 0.2) is 12.2 Å². The van der Waals surface area contributed by atoms with E-state index < -0.39 is 30.1 Å². The molecule has 21 heavy (non-hydrogen) atoms. The van der Waals surface area contributed by atoms with Gasteiger partial charge in [-0.3, -0.25) is 4.79 Å². The van der Waals surface area contributed by atoms with Crippen molar-refractivity contribution in [1.82, 2.24) is 0 Å². The first kappa shape index (κ1) is 19.4. The van der Waals surface area contributed by atoms with Gasteiger partial charge in [-0.15, -0.1) is 0 Å². The molecule has 3 atom stereocenters. The summed E-state index contributed by atoms with van der Waals surface area (Å²) in [5.74, 6) is -1.98. The molecule has 6 nitrogen and oxygen atoms in total. The van der Waals surface area contributed by atoms with E-state index in [1.807, 2.05) is 20.8 Å². The summed E-state index contributed by atoms with van der Waals surface area (Å²) in [7, 11) is 0. The summed E-state index contributed by atoms with van der Waals surface area (Å²) in [5, 5.41) is 0. The molecule has 6 heteroatoms. The predicted octanol–water partition coefficient (Wildman–Crippen LogP) is 2.24. The minimum absolute atomic E-state index is 0.0312. The van der Waals surface area contributed by atoms with E-state index in [4.69, 9.17) is 9.47 Å². The van der Waals surface area contributed by atoms with Crippen molar-refractivity contribution in [3.05, 3.63) is 0 Å². The Morgan fingerprint density at radius 3 is 1.71 bits per heavy atom. The molecule has 0 aliphatic rings. The molecule has 0 aliphatic heterocycles. The lowest BCUT2D eigenvalue weighted by Crippen LogP contribution is -2.34. The molecule has 0 rings (SSSR count). The highest BCUT2D eigenvalue weighted by Gasteiger charge is 2.26. The second-order valence-corrected chi connectivity index (χ2v) is 6.34. The highest BCUT2D eigenvalue weighted by molar-refractivity contribution is 5.82. The first-order valence-corrected chi connectivity index (χ1v) is 7.00. The van der Waals surface area contributed by atoms with Gasteiger partial charge in [-0.25, -0.2) is 9.59 Å². The van der Waals surface area contributed by atoms with Crippen LogP contribution in [-0.2, 0) is 28.6 Å². The lowest BCUT2D eigenvalue weighted by atomic mass is 9.90. The van der Waals surface area contributed by atoms with Gasteiger partial charge in [-0.1, -0.05) is 20.8 Å². The molecule has 3 unspecified atom stereocenters. The molecule has 0 fully saturated rings. The van der Waals surface area contributed by atoms with E-state index in [1.165, 1.54) is 20.8 Å². The molecule has 0 aromatic rings. The van der Waals surface area contributed by atoms with Crippen LogP contribution in [0.2, 0.25) is 0 Å². The molecule has 0 N–H and O–H groups in total. The average Bonchev–Trinajstić information content (AvgIpc) is 2.24. The molecule has 122 valence electrons. The van der Waals surface area contributed by atoms with E-state index in [9.17, 15) is 14.4 Å². The first-order valence-electron chi connectivity index (χ1n) is 7.00. The Morgan fingerprint density at radius 2 is 1.29 bits per heavy atom. The van der Waals surface area contributed by atoms with Crippen molar-refractivity contribution in [2.75, 3.05) is 0 Å². The second kappa shape index (κ2) is 8.00. The fourth-order valence-electron chi connectivity index (χ4n) is 1.81. The quantitative estimate of drug-likeness (QED) is 0.553. The third-order valence-corrected chi connectivity index (χ3v) is 2.52. The maximum atomic E-state index is 11.8. The van der Waals surface area contributed by atoms with Gasteiger partial charge in [0, 0.05) is 6.92 Å². The molecule has 0 saturated heterocycles. The van der Waals surface area contributed by atoms with Gasteiger partial charge in [0.2, 0.25) is 0 Å². The van der Waals surface area contributed by atoms with Crippen LogP contribution in [-0.4, -0.2) is 36.2 Å². The summed E-state index contributed by atoms with van der Waals surface area (Å²) in [6.45, 7) is 11.9. The molecule has 0 saturated carbocycles. The first-order chi connectivity index (χ1) is 9.42. The third kappa shape index (κ3) is 9.05. The fraction of sp³-hybridized carbons (Fsp3) is 0.800. The van der Waals surface area contributed by atoms with Crippen molar-refractivity contribution in [3.63, 3.8) is 0 Å². The van der Waals surface area contributed by atoms with Gasteiger partial charge >= 0.3 is 17.9 Å². The van der Waals surface area contributed by atoms with Crippen molar-refractivity contribution < 1.29 is 28.6 Å². The highest BCUT2D eigenvalue weighted by Crippen LogP contribution is 2.22. The van der Waals surface area contributed by atoms with E-state index >= 15 is 0 Å². The summed E-state index contributed by atoms with van der Waals surface area (Å²) in [5.41, 5.74) is 0.0312. The number of rotatable bonds is 6. The van der Waals surface area contributed by atoms with Crippen LogP contribution in [0.5, 0.6) is 0 Å². The number of hydrogen-bond acceptors (Lipinski definition) is 6. The zero-order chi connectivity index (χ0) is 16.8. The molecular weight excluding hydrogens is 276 g/mol. The second-order valence-electron chi connectivity index (χ2n) is 6.34. The van der Waals surface area contributed by atoms with E-state index in [2.05, 4.69) is 4.74 Å². The minimum Gasteiger partial charge on any atom is -0.460 e. The van der Waals surface area contributed by atoms with Crippen LogP contribution in [0.25, 0.3) is 0 Å². The molecule has 0 spiro atoms. The van der Waals surface area contributed by atoms with Crippen LogP contribution in [0.1, 0.15) is 54.9 Å². The van der Waals surface area contributed by atoms with E-state index in [0.29, 0.717) is 6.42 Å². The van der Waals surface area contributed by atoms with Crippen molar-refractivity contribution in [3.8, 4) is 0 Å². The number of carbonyl (C=O) groups is 3. The molecule has 0 aliphatic carbocycles. The topological polar surface area (TPSA) is 78.9 Å². The monoisotopic (exact) mass is 302 g/mol. The van der Waals surface area contributed by atoms with Gasteiger partial charge in [0.25, 0.3) is 0 Å². The van der Waals surface area contributed by atoms with Crippen molar-refractivity contribution in [1.29, 1.82) is 0 Å². The van der Waals surface area contributed by atoms with Crippen LogP contribution in [0.3, 0.4) is 0 Å². The van der Waals surface area contributed by atoms with Gasteiger partial charge < -0.3 is 14.2 Å². The van der Waals surface area contributed by atoms with Gasteiger partial charge in [-0.05, 0) is 32.6 Å². The van der Waals surface area contributed by atoms with E-state index in [1.54, 1.807) is 6.92 Å². The maximum absolute atomic E-state index is 11.8. The minimum atomic E-state index is -1.05. The van der Waals surface area contributed by atoms with Gasteiger partial charge in [-0.2, -0.15) is 0 Å². The van der Waals surface area contributed by atoms with Crippen molar-refractivity contribution in [2.24, 2.45) is 5.41 Å². The zero-order valence-electron chi connectivity index (χ0n) is 13.9. The predicted molar refractivity (Wildman–Crippen MR) is 76.4 cm³/mol. The highest BCUT2D eigenvalue weighted by atomic mass is 16.6. The number of hydrogen-bond donors (Lipinski definition) is 0. The normalized spacial score (nSPS) is 15.6. The summed E-state index contributed by atoms with van der Waals surface area (Å²) >= 11 is 0. The SMILES string of the molecule is CC(=O)OC(C)C(=O)OC(C)C(=O)OC(C)CC(C)(C)C. The Labute approximate surface area is 126 Å². The summed E-state index contributed by atoms with van der Waals surface area (Å²) in [4.78, 5) is 34.1. The molecule has 0 heterocycles. The Balaban J connectivity index is 4.33. The Kier molecular flexibility index (Phi) is 7.39. The summed E-state index contributed by atoms with van der Waals surface area (Å²) < 4.78 is 14.8. The van der Waals surface area contributed by atoms with Crippen LogP contribution >= 0.6 is 0 Å². The molecular formula is C15H26O6. The van der Waals surface area contributed by atoms with Crippen LogP contribution < -0.4 is 0 Å². The molecule has 0 aromatic carbocycles.